The van der Waals surface area contributed by atoms with Crippen LogP contribution in [0.4, 0.5) is 5.13 Å². The number of anilines is 1. The number of hydrogen-bond donors (Lipinski definition) is 2. The largest absolute Gasteiger partial charge is 0.362 e. The molecule has 0 bridgehead atoms. The van der Waals surface area contributed by atoms with Gasteiger partial charge in [0.1, 0.15) is 0 Å². The third-order valence-electron chi connectivity index (χ3n) is 2.60. The fourth-order valence-electron chi connectivity index (χ4n) is 1.74. The van der Waals surface area contributed by atoms with Gasteiger partial charge in [-0.15, -0.1) is 11.3 Å². The van der Waals surface area contributed by atoms with Crippen molar-refractivity contribution in [3.8, 4) is 0 Å². The van der Waals surface area contributed by atoms with E-state index in [4.69, 9.17) is 0 Å². The molecule has 0 saturated heterocycles. The molecule has 2 N–H and O–H groups in total. The quantitative estimate of drug-likeness (QED) is 0.703. The van der Waals surface area contributed by atoms with Crippen LogP contribution in [-0.2, 0) is 5.75 Å². The molecular formula is C13H14N4S2. The molecule has 0 unspecified atom stereocenters. The zero-order chi connectivity index (χ0) is 13.1. The summed E-state index contributed by atoms with van der Waals surface area (Å²) in [7, 11) is 0. The predicted octanol–water partition coefficient (Wildman–Crippen LogP) is 3.74. The SMILES string of the molecule is CCNc1ncc(CSc2nc3ccccc3[nH]2)s1. The van der Waals surface area contributed by atoms with E-state index in [1.54, 1.807) is 23.1 Å². The molecule has 0 spiro atoms. The first-order valence-corrected chi connectivity index (χ1v) is 7.91. The number of fused-ring (bicyclic) bond motifs is 1. The van der Waals surface area contributed by atoms with Crippen molar-refractivity contribution in [3.05, 3.63) is 35.3 Å². The standard InChI is InChI=1S/C13H14N4S2/c1-2-14-12-15-7-9(19-12)8-18-13-16-10-5-3-4-6-11(10)17-13/h3-7H,2,8H2,1H3,(H,14,15)(H,16,17). The maximum absolute atomic E-state index is 4.55. The highest BCUT2D eigenvalue weighted by molar-refractivity contribution is 7.98. The third-order valence-corrected chi connectivity index (χ3v) is 4.66. The van der Waals surface area contributed by atoms with Gasteiger partial charge in [-0.25, -0.2) is 9.97 Å². The van der Waals surface area contributed by atoms with E-state index in [9.17, 15) is 0 Å². The van der Waals surface area contributed by atoms with Crippen molar-refractivity contribution in [2.75, 3.05) is 11.9 Å². The van der Waals surface area contributed by atoms with Crippen LogP contribution in [-0.4, -0.2) is 21.5 Å². The second kappa shape index (κ2) is 5.63. The number of rotatable bonds is 5. The Bertz CT molecular complexity index is 641. The molecule has 0 saturated carbocycles. The van der Waals surface area contributed by atoms with Gasteiger partial charge in [-0.3, -0.25) is 0 Å². The molecule has 6 heteroatoms. The Hall–Kier alpha value is -1.53. The molecule has 3 rings (SSSR count). The first-order chi connectivity index (χ1) is 9.35. The van der Waals surface area contributed by atoms with Crippen molar-refractivity contribution >= 4 is 39.3 Å². The van der Waals surface area contributed by atoms with Crippen molar-refractivity contribution < 1.29 is 0 Å². The van der Waals surface area contributed by atoms with Gasteiger partial charge in [0.15, 0.2) is 10.3 Å². The van der Waals surface area contributed by atoms with E-state index < -0.39 is 0 Å². The Labute approximate surface area is 119 Å². The predicted molar refractivity (Wildman–Crippen MR) is 81.9 cm³/mol. The lowest BCUT2D eigenvalue weighted by Crippen LogP contribution is -1.94. The number of hydrogen-bond acceptors (Lipinski definition) is 5. The van der Waals surface area contributed by atoms with Gasteiger partial charge in [0.25, 0.3) is 0 Å². The van der Waals surface area contributed by atoms with Crippen molar-refractivity contribution in [2.45, 2.75) is 17.8 Å². The Kier molecular flexibility index (Phi) is 3.70. The number of para-hydroxylation sites is 2. The number of thioether (sulfide) groups is 1. The number of imidazole rings is 1. The summed E-state index contributed by atoms with van der Waals surface area (Å²) in [6, 6.07) is 8.08. The molecule has 4 nitrogen and oxygen atoms in total. The first-order valence-electron chi connectivity index (χ1n) is 6.11. The van der Waals surface area contributed by atoms with E-state index in [-0.39, 0.29) is 0 Å². The van der Waals surface area contributed by atoms with E-state index in [1.807, 2.05) is 30.5 Å². The van der Waals surface area contributed by atoms with Crippen LogP contribution in [0.25, 0.3) is 11.0 Å². The number of nitrogens with zero attached hydrogens (tertiary/aromatic N) is 2. The van der Waals surface area contributed by atoms with Crippen LogP contribution in [0.2, 0.25) is 0 Å². The molecule has 2 heterocycles. The minimum atomic E-state index is 0.892. The summed E-state index contributed by atoms with van der Waals surface area (Å²) in [5, 5.41) is 5.17. The van der Waals surface area contributed by atoms with Crippen LogP contribution in [0.15, 0.2) is 35.6 Å². The molecule has 0 aliphatic heterocycles. The molecule has 0 atom stereocenters. The summed E-state index contributed by atoms with van der Waals surface area (Å²) in [4.78, 5) is 13.4. The Morgan fingerprint density at radius 2 is 2.26 bits per heavy atom. The van der Waals surface area contributed by atoms with E-state index in [0.29, 0.717) is 0 Å². The third kappa shape index (κ3) is 2.90. The van der Waals surface area contributed by atoms with Crippen LogP contribution in [0.1, 0.15) is 11.8 Å². The van der Waals surface area contributed by atoms with Gasteiger partial charge >= 0.3 is 0 Å². The fourth-order valence-corrected chi connectivity index (χ4v) is 3.53. The Balaban J connectivity index is 1.67. The zero-order valence-electron chi connectivity index (χ0n) is 10.5. The van der Waals surface area contributed by atoms with E-state index in [1.165, 1.54) is 4.88 Å². The van der Waals surface area contributed by atoms with E-state index in [0.717, 1.165) is 33.6 Å². The molecule has 0 amide bonds. The lowest BCUT2D eigenvalue weighted by Gasteiger charge is -1.94. The normalized spacial score (nSPS) is 11.0. The summed E-state index contributed by atoms with van der Waals surface area (Å²) in [5.41, 5.74) is 2.10. The van der Waals surface area contributed by atoms with Gasteiger partial charge in [0.2, 0.25) is 0 Å². The maximum atomic E-state index is 4.55. The molecule has 0 fully saturated rings. The van der Waals surface area contributed by atoms with Gasteiger partial charge in [-0.2, -0.15) is 0 Å². The highest BCUT2D eigenvalue weighted by atomic mass is 32.2. The molecule has 0 aliphatic rings. The van der Waals surface area contributed by atoms with Gasteiger partial charge in [-0.1, -0.05) is 23.9 Å². The number of thiazole rings is 1. The monoisotopic (exact) mass is 290 g/mol. The number of aromatic amines is 1. The van der Waals surface area contributed by atoms with E-state index in [2.05, 4.69) is 27.2 Å². The van der Waals surface area contributed by atoms with Crippen molar-refractivity contribution in [1.82, 2.24) is 15.0 Å². The summed E-state index contributed by atoms with van der Waals surface area (Å²) in [6.07, 6.45) is 1.93. The summed E-state index contributed by atoms with van der Waals surface area (Å²) >= 11 is 3.41. The topological polar surface area (TPSA) is 53.6 Å². The van der Waals surface area contributed by atoms with Crippen LogP contribution in [0.5, 0.6) is 0 Å². The minimum Gasteiger partial charge on any atom is -0.362 e. The molecular weight excluding hydrogens is 276 g/mol. The van der Waals surface area contributed by atoms with Crippen LogP contribution >= 0.6 is 23.1 Å². The molecule has 98 valence electrons. The van der Waals surface area contributed by atoms with Crippen molar-refractivity contribution in [1.29, 1.82) is 0 Å². The van der Waals surface area contributed by atoms with E-state index >= 15 is 0 Å². The smallest absolute Gasteiger partial charge is 0.182 e. The van der Waals surface area contributed by atoms with Crippen LogP contribution in [0, 0.1) is 0 Å². The second-order valence-corrected chi connectivity index (χ2v) is 6.09. The summed E-state index contributed by atoms with van der Waals surface area (Å²) < 4.78 is 0. The number of H-pyrrole nitrogens is 1. The summed E-state index contributed by atoms with van der Waals surface area (Å²) in [5.74, 6) is 0.892. The van der Waals surface area contributed by atoms with Crippen molar-refractivity contribution in [2.24, 2.45) is 0 Å². The van der Waals surface area contributed by atoms with Gasteiger partial charge in [0.05, 0.1) is 11.0 Å². The van der Waals surface area contributed by atoms with Crippen LogP contribution in [0.3, 0.4) is 0 Å². The fraction of sp³-hybridized carbons (Fsp3) is 0.231. The van der Waals surface area contributed by atoms with Gasteiger partial charge in [0, 0.05) is 23.4 Å². The molecule has 0 aliphatic carbocycles. The lowest BCUT2D eigenvalue weighted by atomic mass is 10.3. The Morgan fingerprint density at radius 1 is 1.37 bits per heavy atom. The average Bonchev–Trinajstić information content (AvgIpc) is 3.02. The zero-order valence-corrected chi connectivity index (χ0v) is 12.1. The maximum Gasteiger partial charge on any atom is 0.182 e. The molecule has 2 aromatic heterocycles. The Morgan fingerprint density at radius 3 is 3.11 bits per heavy atom. The van der Waals surface area contributed by atoms with Crippen molar-refractivity contribution in [3.63, 3.8) is 0 Å². The molecule has 19 heavy (non-hydrogen) atoms. The first kappa shape index (κ1) is 12.5. The number of benzene rings is 1. The molecule has 1 aromatic carbocycles. The number of nitrogens with one attached hydrogen (secondary N) is 2. The van der Waals surface area contributed by atoms with Crippen LogP contribution < -0.4 is 5.32 Å². The average molecular weight is 290 g/mol. The lowest BCUT2D eigenvalue weighted by molar-refractivity contribution is 1.08. The molecule has 0 radical (unpaired) electrons. The minimum absolute atomic E-state index is 0.892. The second-order valence-electron chi connectivity index (χ2n) is 4.01. The molecule has 3 aromatic rings. The highest BCUT2D eigenvalue weighted by Crippen LogP contribution is 2.27. The summed E-state index contributed by atoms with van der Waals surface area (Å²) in [6.45, 7) is 2.98. The van der Waals surface area contributed by atoms with Gasteiger partial charge < -0.3 is 10.3 Å². The highest BCUT2D eigenvalue weighted by Gasteiger charge is 2.05. The van der Waals surface area contributed by atoms with Gasteiger partial charge in [-0.05, 0) is 19.1 Å². The number of aromatic nitrogens is 3.